The number of rotatable bonds is 7. The molecule has 8 heteroatoms. The molecule has 1 heterocycles. The Bertz CT molecular complexity index is 974. The summed E-state index contributed by atoms with van der Waals surface area (Å²) < 4.78 is 18.3. The number of benzene rings is 2. The number of aromatic nitrogens is 1. The third-order valence-electron chi connectivity index (χ3n) is 3.61. The zero-order chi connectivity index (χ0) is 19.9. The van der Waals surface area contributed by atoms with E-state index in [0.29, 0.717) is 21.8 Å². The number of hydrogen-bond acceptors (Lipinski definition) is 6. The van der Waals surface area contributed by atoms with Gasteiger partial charge in [0.2, 0.25) is 5.91 Å². The monoisotopic (exact) mass is 416 g/mol. The van der Waals surface area contributed by atoms with Crippen molar-refractivity contribution in [3.8, 4) is 0 Å². The van der Waals surface area contributed by atoms with Gasteiger partial charge in [0.1, 0.15) is 12.4 Å². The maximum Gasteiger partial charge on any atom is 0.339 e. The lowest BCUT2D eigenvalue weighted by Crippen LogP contribution is -2.14. The van der Waals surface area contributed by atoms with Crippen LogP contribution in [0.25, 0.3) is 0 Å². The Morgan fingerprint density at radius 3 is 2.64 bits per heavy atom. The molecule has 0 aliphatic heterocycles. The van der Waals surface area contributed by atoms with Crippen LogP contribution in [0, 0.1) is 12.7 Å². The van der Waals surface area contributed by atoms with Crippen molar-refractivity contribution in [2.24, 2.45) is 0 Å². The number of amides is 1. The van der Waals surface area contributed by atoms with E-state index in [2.05, 4.69) is 10.3 Å². The van der Waals surface area contributed by atoms with Crippen LogP contribution in [0.5, 0.6) is 0 Å². The summed E-state index contributed by atoms with van der Waals surface area (Å²) in [7, 11) is 0. The SMILES string of the molecule is Cc1nc(COC(=O)c2ccccc2SCC(=O)Nc2ccc(F)cc2)cs1. The quantitative estimate of drug-likeness (QED) is 0.447. The molecule has 3 aromatic rings. The summed E-state index contributed by atoms with van der Waals surface area (Å²) in [6.07, 6.45) is 0. The van der Waals surface area contributed by atoms with Crippen LogP contribution in [0.15, 0.2) is 58.8 Å². The largest absolute Gasteiger partial charge is 0.456 e. The molecule has 0 spiro atoms. The molecular formula is C20H17FN2O3S2. The van der Waals surface area contributed by atoms with Crippen LogP contribution in [-0.4, -0.2) is 22.6 Å². The fourth-order valence-electron chi connectivity index (χ4n) is 2.33. The van der Waals surface area contributed by atoms with E-state index in [0.717, 1.165) is 5.01 Å². The van der Waals surface area contributed by atoms with E-state index in [4.69, 9.17) is 4.74 Å². The first kappa shape index (κ1) is 20.0. The van der Waals surface area contributed by atoms with E-state index >= 15 is 0 Å². The Hall–Kier alpha value is -2.71. The number of carbonyl (C=O) groups excluding carboxylic acids is 2. The lowest BCUT2D eigenvalue weighted by atomic mass is 10.2. The topological polar surface area (TPSA) is 68.3 Å². The molecule has 3 rings (SSSR count). The number of nitrogens with zero attached hydrogens (tertiary/aromatic N) is 1. The second kappa shape index (κ2) is 9.48. The maximum atomic E-state index is 12.9. The predicted octanol–water partition coefficient (Wildman–Crippen LogP) is 4.68. The number of thioether (sulfide) groups is 1. The zero-order valence-corrected chi connectivity index (χ0v) is 16.6. The van der Waals surface area contributed by atoms with Crippen molar-refractivity contribution in [1.82, 2.24) is 4.98 Å². The number of halogens is 1. The molecule has 1 N–H and O–H groups in total. The summed E-state index contributed by atoms with van der Waals surface area (Å²) in [6.45, 7) is 1.99. The van der Waals surface area contributed by atoms with Gasteiger partial charge in [-0.1, -0.05) is 12.1 Å². The van der Waals surface area contributed by atoms with Crippen molar-refractivity contribution in [2.45, 2.75) is 18.4 Å². The van der Waals surface area contributed by atoms with Crippen LogP contribution in [0.2, 0.25) is 0 Å². The predicted molar refractivity (Wildman–Crippen MR) is 108 cm³/mol. The van der Waals surface area contributed by atoms with E-state index in [-0.39, 0.29) is 24.1 Å². The molecule has 144 valence electrons. The average Bonchev–Trinajstić information content (AvgIpc) is 3.12. The Kier molecular flexibility index (Phi) is 6.78. The highest BCUT2D eigenvalue weighted by molar-refractivity contribution is 8.00. The minimum Gasteiger partial charge on any atom is -0.456 e. The molecule has 0 atom stereocenters. The second-order valence-corrected chi connectivity index (χ2v) is 7.85. The third-order valence-corrected chi connectivity index (χ3v) is 5.51. The molecule has 1 aromatic heterocycles. The molecule has 0 fully saturated rings. The zero-order valence-electron chi connectivity index (χ0n) is 15.0. The first-order valence-corrected chi connectivity index (χ1v) is 10.2. The normalized spacial score (nSPS) is 10.5. The molecule has 0 aliphatic rings. The van der Waals surface area contributed by atoms with Crippen LogP contribution in [-0.2, 0) is 16.1 Å². The van der Waals surface area contributed by atoms with Gasteiger partial charge in [0.15, 0.2) is 0 Å². The Balaban J connectivity index is 1.57. The number of nitrogens with one attached hydrogen (secondary N) is 1. The molecule has 5 nitrogen and oxygen atoms in total. The third kappa shape index (κ3) is 5.64. The number of ether oxygens (including phenoxy) is 1. The van der Waals surface area contributed by atoms with Gasteiger partial charge in [0.25, 0.3) is 0 Å². The van der Waals surface area contributed by atoms with Gasteiger partial charge in [-0.3, -0.25) is 4.79 Å². The highest BCUT2D eigenvalue weighted by Gasteiger charge is 2.15. The van der Waals surface area contributed by atoms with Crippen molar-refractivity contribution in [3.63, 3.8) is 0 Å². The molecule has 0 saturated heterocycles. The Morgan fingerprint density at radius 1 is 1.18 bits per heavy atom. The van der Waals surface area contributed by atoms with Gasteiger partial charge in [0, 0.05) is 16.0 Å². The summed E-state index contributed by atoms with van der Waals surface area (Å²) in [5.41, 5.74) is 1.62. The number of anilines is 1. The standard InChI is InChI=1S/C20H17FN2O3S2/c1-13-22-16(11-27-13)10-26-20(25)17-4-2-3-5-18(17)28-12-19(24)23-15-8-6-14(21)7-9-15/h2-9,11H,10,12H2,1H3,(H,23,24). The van der Waals surface area contributed by atoms with Gasteiger partial charge >= 0.3 is 5.97 Å². The van der Waals surface area contributed by atoms with E-state index in [9.17, 15) is 14.0 Å². The molecule has 0 saturated carbocycles. The van der Waals surface area contributed by atoms with E-state index < -0.39 is 5.97 Å². The number of carbonyl (C=O) groups is 2. The van der Waals surface area contributed by atoms with Crippen molar-refractivity contribution >= 4 is 40.7 Å². The first-order chi connectivity index (χ1) is 13.5. The van der Waals surface area contributed by atoms with Gasteiger partial charge in [0.05, 0.1) is 22.0 Å². The fourth-order valence-corrected chi connectivity index (χ4v) is 3.76. The second-order valence-electron chi connectivity index (χ2n) is 5.77. The summed E-state index contributed by atoms with van der Waals surface area (Å²) >= 11 is 2.73. The number of esters is 1. The van der Waals surface area contributed by atoms with Crippen LogP contribution in [0.1, 0.15) is 21.1 Å². The lowest BCUT2D eigenvalue weighted by Gasteiger charge is -2.09. The fraction of sp³-hybridized carbons (Fsp3) is 0.150. The number of aryl methyl sites for hydroxylation is 1. The average molecular weight is 416 g/mol. The molecule has 0 radical (unpaired) electrons. The molecular weight excluding hydrogens is 399 g/mol. The number of hydrogen-bond donors (Lipinski definition) is 1. The first-order valence-electron chi connectivity index (χ1n) is 8.36. The van der Waals surface area contributed by atoms with Crippen molar-refractivity contribution in [3.05, 3.63) is 76.0 Å². The van der Waals surface area contributed by atoms with Crippen LogP contribution in [0.4, 0.5) is 10.1 Å². The van der Waals surface area contributed by atoms with E-state index in [1.54, 1.807) is 24.3 Å². The van der Waals surface area contributed by atoms with Gasteiger partial charge in [-0.15, -0.1) is 23.1 Å². The molecule has 1 amide bonds. The molecule has 2 aromatic carbocycles. The summed E-state index contributed by atoms with van der Waals surface area (Å²) in [5, 5.41) is 5.45. The summed E-state index contributed by atoms with van der Waals surface area (Å²) in [5.74, 6) is -0.981. The highest BCUT2D eigenvalue weighted by atomic mass is 32.2. The minimum absolute atomic E-state index is 0.104. The highest BCUT2D eigenvalue weighted by Crippen LogP contribution is 2.24. The van der Waals surface area contributed by atoms with E-state index in [1.165, 1.54) is 47.4 Å². The van der Waals surface area contributed by atoms with Crippen molar-refractivity contribution in [1.29, 1.82) is 0 Å². The maximum absolute atomic E-state index is 12.9. The number of thiazole rings is 1. The summed E-state index contributed by atoms with van der Waals surface area (Å²) in [6, 6.07) is 12.5. The van der Waals surface area contributed by atoms with Gasteiger partial charge in [-0.05, 0) is 43.3 Å². The minimum atomic E-state index is -0.465. The molecule has 28 heavy (non-hydrogen) atoms. The summed E-state index contributed by atoms with van der Waals surface area (Å²) in [4.78, 5) is 29.4. The van der Waals surface area contributed by atoms with Gasteiger partial charge in [-0.2, -0.15) is 0 Å². The lowest BCUT2D eigenvalue weighted by molar-refractivity contribution is -0.113. The molecule has 0 bridgehead atoms. The van der Waals surface area contributed by atoms with E-state index in [1.807, 2.05) is 12.3 Å². The molecule has 0 unspecified atom stereocenters. The van der Waals surface area contributed by atoms with Crippen LogP contribution >= 0.6 is 23.1 Å². The Labute approximate surface area is 170 Å². The molecule has 0 aliphatic carbocycles. The van der Waals surface area contributed by atoms with Gasteiger partial charge < -0.3 is 10.1 Å². The van der Waals surface area contributed by atoms with Gasteiger partial charge in [-0.25, -0.2) is 14.2 Å². The Morgan fingerprint density at radius 2 is 1.93 bits per heavy atom. The van der Waals surface area contributed by atoms with Crippen molar-refractivity contribution in [2.75, 3.05) is 11.1 Å². The van der Waals surface area contributed by atoms with Crippen molar-refractivity contribution < 1.29 is 18.7 Å². The van der Waals surface area contributed by atoms with Crippen LogP contribution in [0.3, 0.4) is 0 Å². The smallest absolute Gasteiger partial charge is 0.339 e. The van der Waals surface area contributed by atoms with Crippen LogP contribution < -0.4 is 5.32 Å².